The number of hydrogen-bond donors (Lipinski definition) is 1. The summed E-state index contributed by atoms with van der Waals surface area (Å²) in [5.41, 5.74) is 1.57. The zero-order valence-corrected chi connectivity index (χ0v) is 9.83. The Morgan fingerprint density at radius 3 is 2.87 bits per heavy atom. The van der Waals surface area contributed by atoms with Crippen LogP contribution in [-0.4, -0.2) is 29.6 Å². The van der Waals surface area contributed by atoms with Crippen molar-refractivity contribution in [3.63, 3.8) is 0 Å². The zero-order chi connectivity index (χ0) is 10.7. The highest BCUT2D eigenvalue weighted by Gasteiger charge is 2.15. The molecule has 1 aromatic rings. The maximum Gasteiger partial charge on any atom is 0.123 e. The van der Waals surface area contributed by atoms with Crippen molar-refractivity contribution < 1.29 is 0 Å². The molecule has 0 bridgehead atoms. The van der Waals surface area contributed by atoms with Crippen LogP contribution in [0.5, 0.6) is 0 Å². The van der Waals surface area contributed by atoms with Crippen LogP contribution in [0.4, 0.5) is 5.69 Å². The largest absolute Gasteiger partial charge is 0.369 e. The maximum atomic E-state index is 9.06. The van der Waals surface area contributed by atoms with Gasteiger partial charge in [-0.2, -0.15) is 17.0 Å². The number of nitriles is 1. The van der Waals surface area contributed by atoms with Crippen molar-refractivity contribution in [2.24, 2.45) is 0 Å². The highest BCUT2D eigenvalue weighted by molar-refractivity contribution is 7.99. The van der Waals surface area contributed by atoms with E-state index in [9.17, 15) is 0 Å². The lowest BCUT2D eigenvalue weighted by Crippen LogP contribution is -2.33. The molecule has 1 fully saturated rings. The first-order chi connectivity index (χ1) is 7.33. The fourth-order valence-corrected chi connectivity index (χ4v) is 2.77. The summed E-state index contributed by atoms with van der Waals surface area (Å²) >= 11 is 7.05. The van der Waals surface area contributed by atoms with Crippen LogP contribution in [0, 0.1) is 16.0 Å². The summed E-state index contributed by atoms with van der Waals surface area (Å²) in [6.45, 7) is 2.00. The van der Waals surface area contributed by atoms with E-state index in [2.05, 4.69) is 16.0 Å². The van der Waals surface area contributed by atoms with E-state index >= 15 is 0 Å². The second-order valence-electron chi connectivity index (χ2n) is 3.28. The molecular formula is C10H11N3S2. The minimum absolute atomic E-state index is 0.535. The Bertz CT molecular complexity index is 441. The highest BCUT2D eigenvalue weighted by Crippen LogP contribution is 2.22. The first-order valence-corrected chi connectivity index (χ1v) is 6.33. The Hall–Kier alpha value is -0.990. The number of rotatable bonds is 1. The van der Waals surface area contributed by atoms with Crippen molar-refractivity contribution in [3.8, 4) is 6.07 Å². The number of nitrogens with zero attached hydrogens (tertiary/aromatic N) is 2. The van der Waals surface area contributed by atoms with Crippen LogP contribution in [-0.2, 0) is 0 Å². The van der Waals surface area contributed by atoms with Gasteiger partial charge in [0.25, 0.3) is 0 Å². The molecule has 0 atom stereocenters. The number of H-pyrrole nitrogens is 1. The Morgan fingerprint density at radius 1 is 1.47 bits per heavy atom. The molecule has 0 unspecified atom stereocenters. The van der Waals surface area contributed by atoms with Gasteiger partial charge in [-0.05, 0) is 6.07 Å². The third kappa shape index (κ3) is 2.16. The van der Waals surface area contributed by atoms with Crippen molar-refractivity contribution >= 4 is 29.7 Å². The SMILES string of the molecule is N#Cc1c(N2CCSCC2)cc[nH]c1=S. The fraction of sp³-hybridized carbons (Fsp3) is 0.400. The quantitative estimate of drug-likeness (QED) is 0.760. The lowest BCUT2D eigenvalue weighted by molar-refractivity contribution is 0.855. The predicted molar refractivity (Wildman–Crippen MR) is 65.9 cm³/mol. The van der Waals surface area contributed by atoms with Crippen LogP contribution in [0.25, 0.3) is 0 Å². The minimum atomic E-state index is 0.535. The molecule has 0 spiro atoms. The van der Waals surface area contributed by atoms with Gasteiger partial charge in [0.05, 0.1) is 5.69 Å². The average Bonchev–Trinajstić information content (AvgIpc) is 2.30. The molecule has 1 aromatic heterocycles. The molecule has 0 amide bonds. The Morgan fingerprint density at radius 2 is 2.20 bits per heavy atom. The summed E-state index contributed by atoms with van der Waals surface area (Å²) in [6.07, 6.45) is 1.81. The van der Waals surface area contributed by atoms with Crippen molar-refractivity contribution in [1.82, 2.24) is 4.98 Å². The number of aromatic nitrogens is 1. The van der Waals surface area contributed by atoms with Crippen LogP contribution < -0.4 is 4.90 Å². The smallest absolute Gasteiger partial charge is 0.123 e. The molecule has 1 N–H and O–H groups in total. The van der Waals surface area contributed by atoms with E-state index in [-0.39, 0.29) is 0 Å². The van der Waals surface area contributed by atoms with Crippen LogP contribution >= 0.6 is 24.0 Å². The minimum Gasteiger partial charge on any atom is -0.369 e. The molecule has 1 saturated heterocycles. The highest BCUT2D eigenvalue weighted by atomic mass is 32.2. The Labute approximate surface area is 98.1 Å². The van der Waals surface area contributed by atoms with Crippen LogP contribution in [0.15, 0.2) is 12.3 Å². The maximum absolute atomic E-state index is 9.06. The standard InChI is InChI=1S/C10H11N3S2/c11-7-8-9(1-2-12-10(8)14)13-3-5-15-6-4-13/h1-2H,3-6H2,(H,12,14). The van der Waals surface area contributed by atoms with Crippen LogP contribution in [0.2, 0.25) is 0 Å². The summed E-state index contributed by atoms with van der Waals surface area (Å²) < 4.78 is 0.535. The van der Waals surface area contributed by atoms with Gasteiger partial charge in [0.2, 0.25) is 0 Å². The molecule has 2 rings (SSSR count). The van der Waals surface area contributed by atoms with Gasteiger partial charge in [0.1, 0.15) is 16.3 Å². The first kappa shape index (κ1) is 10.5. The number of hydrogen-bond acceptors (Lipinski definition) is 4. The number of nitrogens with one attached hydrogen (secondary N) is 1. The van der Waals surface area contributed by atoms with Gasteiger partial charge in [-0.3, -0.25) is 0 Å². The molecule has 1 aliphatic rings. The van der Waals surface area contributed by atoms with E-state index in [1.54, 1.807) is 6.20 Å². The number of thioether (sulfide) groups is 1. The zero-order valence-electron chi connectivity index (χ0n) is 8.19. The monoisotopic (exact) mass is 237 g/mol. The fourth-order valence-electron chi connectivity index (χ4n) is 1.64. The second kappa shape index (κ2) is 4.69. The summed E-state index contributed by atoms with van der Waals surface area (Å²) in [5.74, 6) is 2.24. The number of pyridine rings is 1. The molecular weight excluding hydrogens is 226 g/mol. The number of anilines is 1. The normalized spacial score (nSPS) is 16.1. The molecule has 78 valence electrons. The van der Waals surface area contributed by atoms with Gasteiger partial charge in [-0.1, -0.05) is 12.2 Å². The van der Waals surface area contributed by atoms with Gasteiger partial charge >= 0.3 is 0 Å². The van der Waals surface area contributed by atoms with Gasteiger partial charge in [-0.15, -0.1) is 0 Å². The summed E-state index contributed by atoms with van der Waals surface area (Å²) in [6, 6.07) is 4.11. The lowest BCUT2D eigenvalue weighted by Gasteiger charge is -2.28. The molecule has 5 heteroatoms. The Balaban J connectivity index is 2.39. The second-order valence-corrected chi connectivity index (χ2v) is 4.91. The third-order valence-corrected chi connectivity index (χ3v) is 3.67. The summed E-state index contributed by atoms with van der Waals surface area (Å²) in [4.78, 5) is 5.13. The molecule has 3 nitrogen and oxygen atoms in total. The van der Waals surface area contributed by atoms with Gasteiger partial charge in [-0.25, -0.2) is 0 Å². The molecule has 15 heavy (non-hydrogen) atoms. The Kier molecular flexibility index (Phi) is 3.29. The topological polar surface area (TPSA) is 42.8 Å². The first-order valence-electron chi connectivity index (χ1n) is 4.77. The predicted octanol–water partition coefficient (Wildman–Crippen LogP) is 2.17. The van der Waals surface area contributed by atoms with E-state index in [4.69, 9.17) is 17.5 Å². The molecule has 2 heterocycles. The van der Waals surface area contributed by atoms with E-state index in [1.807, 2.05) is 17.8 Å². The van der Waals surface area contributed by atoms with Crippen molar-refractivity contribution in [2.75, 3.05) is 29.5 Å². The van der Waals surface area contributed by atoms with Gasteiger partial charge in [0, 0.05) is 30.8 Å². The average molecular weight is 237 g/mol. The molecule has 0 saturated carbocycles. The van der Waals surface area contributed by atoms with E-state index in [0.29, 0.717) is 10.2 Å². The van der Waals surface area contributed by atoms with Crippen molar-refractivity contribution in [3.05, 3.63) is 22.5 Å². The molecule has 0 aromatic carbocycles. The van der Waals surface area contributed by atoms with Gasteiger partial charge < -0.3 is 9.88 Å². The van der Waals surface area contributed by atoms with E-state index in [0.717, 1.165) is 30.3 Å². The van der Waals surface area contributed by atoms with Crippen molar-refractivity contribution in [2.45, 2.75) is 0 Å². The summed E-state index contributed by atoms with van der Waals surface area (Å²) in [7, 11) is 0. The molecule has 1 aliphatic heterocycles. The summed E-state index contributed by atoms with van der Waals surface area (Å²) in [5, 5.41) is 9.06. The van der Waals surface area contributed by atoms with Gasteiger partial charge in [0.15, 0.2) is 0 Å². The molecule has 0 aliphatic carbocycles. The molecule has 0 radical (unpaired) electrons. The van der Waals surface area contributed by atoms with Crippen molar-refractivity contribution in [1.29, 1.82) is 5.26 Å². The van der Waals surface area contributed by atoms with Crippen LogP contribution in [0.3, 0.4) is 0 Å². The lowest BCUT2D eigenvalue weighted by atomic mass is 10.2. The third-order valence-electron chi connectivity index (χ3n) is 2.40. The van der Waals surface area contributed by atoms with Crippen LogP contribution in [0.1, 0.15) is 5.56 Å². The van der Waals surface area contributed by atoms with E-state index < -0.39 is 0 Å². The number of aromatic amines is 1. The van der Waals surface area contributed by atoms with E-state index in [1.165, 1.54) is 0 Å².